The molecule has 0 aliphatic carbocycles. The third kappa shape index (κ3) is 7.72. The number of amides is 1. The number of rotatable bonds is 10. The summed E-state index contributed by atoms with van der Waals surface area (Å²) in [6.45, 7) is 3.04. The Morgan fingerprint density at radius 1 is 1.06 bits per heavy atom. The molecule has 0 heterocycles. The third-order valence-electron chi connectivity index (χ3n) is 4.76. The second-order valence-corrected chi connectivity index (χ2v) is 9.91. The number of carbonyl (C=O) groups is 1. The molecule has 0 bridgehead atoms. The number of hydrogen-bond acceptors (Lipinski definition) is 5. The summed E-state index contributed by atoms with van der Waals surface area (Å²) < 4.78 is 70.9. The predicted molar refractivity (Wildman–Crippen MR) is 116 cm³/mol. The lowest BCUT2D eigenvalue weighted by Gasteiger charge is -2.29. The maximum atomic E-state index is 13.2. The number of nitrogens with zero attached hydrogens (tertiary/aromatic N) is 1. The largest absolute Gasteiger partial charge is 0.443 e. The van der Waals surface area contributed by atoms with Gasteiger partial charge in [-0.3, -0.25) is 0 Å². The normalized spacial score (nSPS) is 14.3. The highest BCUT2D eigenvalue weighted by molar-refractivity contribution is 7.89. The van der Waals surface area contributed by atoms with E-state index in [-0.39, 0.29) is 23.8 Å². The van der Waals surface area contributed by atoms with Gasteiger partial charge >= 0.3 is 12.3 Å². The third-order valence-corrected chi connectivity index (χ3v) is 6.60. The van der Waals surface area contributed by atoms with Crippen molar-refractivity contribution in [2.75, 3.05) is 13.1 Å². The molecule has 0 aromatic heterocycles. The van der Waals surface area contributed by atoms with Crippen LogP contribution in [0.2, 0.25) is 0 Å². The Morgan fingerprint density at radius 3 is 2.12 bits per heavy atom. The molecular formula is C22H27F3N2O5S. The number of aliphatic hydroxyl groups is 1. The fraction of sp³-hybridized carbons (Fsp3) is 0.409. The van der Waals surface area contributed by atoms with E-state index in [1.54, 1.807) is 44.2 Å². The molecule has 0 radical (unpaired) electrons. The summed E-state index contributed by atoms with van der Waals surface area (Å²) >= 11 is 0. The number of ether oxygens (including phenoxy) is 1. The zero-order valence-corrected chi connectivity index (χ0v) is 19.0. The minimum atomic E-state index is -4.60. The van der Waals surface area contributed by atoms with Crippen LogP contribution in [0.25, 0.3) is 0 Å². The van der Waals surface area contributed by atoms with Crippen LogP contribution in [-0.2, 0) is 27.4 Å². The first-order valence-corrected chi connectivity index (χ1v) is 11.6. The van der Waals surface area contributed by atoms with Gasteiger partial charge in [-0.15, -0.1) is 0 Å². The van der Waals surface area contributed by atoms with E-state index in [4.69, 9.17) is 10.5 Å². The van der Waals surface area contributed by atoms with E-state index in [0.29, 0.717) is 12.1 Å². The van der Waals surface area contributed by atoms with Crippen LogP contribution in [0.5, 0.6) is 0 Å². The van der Waals surface area contributed by atoms with Gasteiger partial charge in [0.2, 0.25) is 10.0 Å². The van der Waals surface area contributed by atoms with Crippen molar-refractivity contribution in [1.29, 1.82) is 0 Å². The Hall–Kier alpha value is -2.63. The molecule has 182 valence electrons. The molecule has 2 aromatic carbocycles. The molecule has 0 aliphatic heterocycles. The van der Waals surface area contributed by atoms with Crippen LogP contribution in [0.15, 0.2) is 59.5 Å². The van der Waals surface area contributed by atoms with Gasteiger partial charge in [0.15, 0.2) is 0 Å². The Morgan fingerprint density at radius 2 is 1.64 bits per heavy atom. The lowest BCUT2D eigenvalue weighted by atomic mass is 10.0. The molecule has 7 nitrogen and oxygen atoms in total. The quantitative estimate of drug-likeness (QED) is 0.533. The summed E-state index contributed by atoms with van der Waals surface area (Å²) in [5.41, 5.74) is 4.88. The zero-order chi connectivity index (χ0) is 24.8. The van der Waals surface area contributed by atoms with E-state index in [1.165, 1.54) is 0 Å². The van der Waals surface area contributed by atoms with E-state index in [0.717, 1.165) is 22.0 Å². The Labute approximate surface area is 191 Å². The molecule has 3 N–H and O–H groups in total. The molecule has 2 aromatic rings. The van der Waals surface area contributed by atoms with Crippen molar-refractivity contribution in [3.8, 4) is 0 Å². The lowest BCUT2D eigenvalue weighted by Crippen LogP contribution is -2.46. The molecule has 0 aliphatic rings. The Kier molecular flexibility index (Phi) is 8.87. The average Bonchev–Trinajstić information content (AvgIpc) is 2.72. The van der Waals surface area contributed by atoms with E-state index in [9.17, 15) is 31.5 Å². The van der Waals surface area contributed by atoms with Crippen LogP contribution in [0.3, 0.4) is 0 Å². The lowest BCUT2D eigenvalue weighted by molar-refractivity contribution is -0.137. The van der Waals surface area contributed by atoms with Gasteiger partial charge in [-0.2, -0.15) is 17.5 Å². The first-order chi connectivity index (χ1) is 15.3. The first-order valence-electron chi connectivity index (χ1n) is 10.2. The Balaban J connectivity index is 2.30. The number of hydrogen-bond donors (Lipinski definition) is 2. The summed E-state index contributed by atoms with van der Waals surface area (Å²) in [5, 5.41) is 10.8. The van der Waals surface area contributed by atoms with Crippen molar-refractivity contribution in [3.63, 3.8) is 0 Å². The van der Waals surface area contributed by atoms with Gasteiger partial charge in [-0.05, 0) is 35.7 Å². The van der Waals surface area contributed by atoms with Crippen molar-refractivity contribution in [2.24, 2.45) is 11.7 Å². The summed E-state index contributed by atoms with van der Waals surface area (Å²) in [6, 6.07) is 11.9. The monoisotopic (exact) mass is 488 g/mol. The van der Waals surface area contributed by atoms with Gasteiger partial charge in [-0.1, -0.05) is 44.2 Å². The van der Waals surface area contributed by atoms with Crippen LogP contribution in [0.1, 0.15) is 25.0 Å². The fourth-order valence-corrected chi connectivity index (χ4v) is 4.84. The molecule has 1 amide bonds. The Bertz CT molecular complexity index is 1010. The standard InChI is InChI=1S/C22H27F3N2O5S/c1-15(2)13-27(33(30,31)18-10-8-17(9-11-18)22(23,24)25)14-19(28)20(32-21(26)29)12-16-6-4-3-5-7-16/h3-11,15,19-20,28H,12-14H2,1-2H3,(H2,26,29)/t19-,20+/m1/s1. The maximum Gasteiger partial charge on any atom is 0.416 e. The van der Waals surface area contributed by atoms with Crippen molar-refractivity contribution in [1.82, 2.24) is 4.31 Å². The molecule has 0 unspecified atom stereocenters. The summed E-state index contributed by atoms with van der Waals surface area (Å²) in [6.07, 6.45) is -8.23. The highest BCUT2D eigenvalue weighted by Gasteiger charge is 2.34. The average molecular weight is 489 g/mol. The van der Waals surface area contributed by atoms with Crippen LogP contribution in [0.4, 0.5) is 18.0 Å². The van der Waals surface area contributed by atoms with Crippen molar-refractivity contribution < 1.29 is 36.2 Å². The smallest absolute Gasteiger partial charge is 0.416 e. The fourth-order valence-electron chi connectivity index (χ4n) is 3.22. The van der Waals surface area contributed by atoms with Gasteiger partial charge in [0.05, 0.1) is 10.5 Å². The summed E-state index contributed by atoms with van der Waals surface area (Å²) in [5.74, 6) is -0.161. The van der Waals surface area contributed by atoms with E-state index in [2.05, 4.69) is 0 Å². The van der Waals surface area contributed by atoms with E-state index in [1.807, 2.05) is 0 Å². The molecule has 33 heavy (non-hydrogen) atoms. The van der Waals surface area contributed by atoms with Gasteiger partial charge in [0, 0.05) is 19.5 Å². The highest BCUT2D eigenvalue weighted by atomic mass is 32.2. The van der Waals surface area contributed by atoms with Gasteiger partial charge < -0.3 is 15.6 Å². The van der Waals surface area contributed by atoms with Crippen LogP contribution in [-0.4, -0.2) is 49.2 Å². The van der Waals surface area contributed by atoms with Crippen LogP contribution >= 0.6 is 0 Å². The number of aliphatic hydroxyl groups excluding tert-OH is 1. The van der Waals surface area contributed by atoms with Gasteiger partial charge in [0.1, 0.15) is 12.2 Å². The predicted octanol–water partition coefficient (Wildman–Crippen LogP) is 3.42. The number of carbonyl (C=O) groups excluding carboxylic acids is 1. The molecule has 2 atom stereocenters. The number of sulfonamides is 1. The van der Waals surface area contributed by atoms with Gasteiger partial charge in [0.25, 0.3) is 0 Å². The molecule has 0 spiro atoms. The molecule has 11 heteroatoms. The van der Waals surface area contributed by atoms with Gasteiger partial charge in [-0.25, -0.2) is 13.2 Å². The number of nitrogens with two attached hydrogens (primary N) is 1. The van der Waals surface area contributed by atoms with E-state index >= 15 is 0 Å². The maximum absolute atomic E-state index is 13.2. The molecule has 0 saturated carbocycles. The number of benzene rings is 2. The van der Waals surface area contributed by atoms with Crippen molar-refractivity contribution in [2.45, 2.75) is 43.5 Å². The number of primary amides is 1. The topological polar surface area (TPSA) is 110 Å². The van der Waals surface area contributed by atoms with Crippen molar-refractivity contribution >= 4 is 16.1 Å². The molecule has 0 saturated heterocycles. The molecule has 2 rings (SSSR count). The summed E-state index contributed by atoms with van der Waals surface area (Å²) in [7, 11) is -4.25. The second kappa shape index (κ2) is 11.0. The van der Waals surface area contributed by atoms with Crippen molar-refractivity contribution in [3.05, 3.63) is 65.7 Å². The molecule has 0 fully saturated rings. The zero-order valence-electron chi connectivity index (χ0n) is 18.2. The number of halogens is 3. The minimum Gasteiger partial charge on any atom is -0.443 e. The number of alkyl halides is 3. The minimum absolute atomic E-state index is 0.0188. The SMILES string of the molecule is CC(C)CN(C[C@@H](O)[C@H](Cc1ccccc1)OC(N)=O)S(=O)(=O)c1ccc(C(F)(F)F)cc1. The first kappa shape index (κ1) is 26.6. The van der Waals surface area contributed by atoms with E-state index < -0.39 is 46.6 Å². The molecular weight excluding hydrogens is 461 g/mol. The highest BCUT2D eigenvalue weighted by Crippen LogP contribution is 2.30. The summed E-state index contributed by atoms with van der Waals surface area (Å²) in [4.78, 5) is 11.0. The van der Waals surface area contributed by atoms with Crippen LogP contribution < -0.4 is 5.73 Å². The second-order valence-electron chi connectivity index (χ2n) is 7.97. The van der Waals surface area contributed by atoms with Crippen LogP contribution in [0, 0.1) is 5.92 Å².